The second kappa shape index (κ2) is 4.83. The van der Waals surface area contributed by atoms with Crippen LogP contribution in [0.2, 0.25) is 0 Å². The zero-order valence-electron chi connectivity index (χ0n) is 13.9. The molecule has 1 unspecified atom stereocenters. The second-order valence-corrected chi connectivity index (χ2v) is 8.69. The van der Waals surface area contributed by atoms with E-state index in [4.69, 9.17) is 0 Å². The van der Waals surface area contributed by atoms with Crippen LogP contribution in [-0.2, 0) is 4.79 Å². The molecule has 1 amide bonds. The van der Waals surface area contributed by atoms with Crippen molar-refractivity contribution in [2.75, 3.05) is 0 Å². The van der Waals surface area contributed by atoms with Gasteiger partial charge in [0.05, 0.1) is 6.10 Å². The largest absolute Gasteiger partial charge is 0.393 e. The summed E-state index contributed by atoms with van der Waals surface area (Å²) in [4.78, 5) is 11.9. The molecule has 6 atom stereocenters. The summed E-state index contributed by atoms with van der Waals surface area (Å²) in [7, 11) is 0. The summed E-state index contributed by atoms with van der Waals surface area (Å²) in [5, 5.41) is 13.7. The molecule has 122 valence electrons. The molecule has 22 heavy (non-hydrogen) atoms. The van der Waals surface area contributed by atoms with Gasteiger partial charge in [-0.05, 0) is 68.1 Å². The lowest BCUT2D eigenvalue weighted by atomic mass is 9.50. The number of aliphatic hydroxyl groups is 1. The molecule has 3 fully saturated rings. The van der Waals surface area contributed by atoms with Gasteiger partial charge in [-0.3, -0.25) is 4.79 Å². The van der Waals surface area contributed by atoms with Gasteiger partial charge in [0, 0.05) is 17.5 Å². The van der Waals surface area contributed by atoms with Crippen LogP contribution in [0.4, 0.5) is 0 Å². The van der Waals surface area contributed by atoms with E-state index in [1.54, 1.807) is 0 Å². The molecular weight excluding hydrogens is 274 g/mol. The molecule has 0 aromatic heterocycles. The number of hydrogen-bond donors (Lipinski definition) is 2. The first kappa shape index (κ1) is 14.7. The van der Waals surface area contributed by atoms with E-state index >= 15 is 0 Å². The highest BCUT2D eigenvalue weighted by atomic mass is 16.3. The van der Waals surface area contributed by atoms with Crippen molar-refractivity contribution in [2.24, 2.45) is 28.6 Å². The number of allylic oxidation sites excluding steroid dienone is 2. The van der Waals surface area contributed by atoms with Crippen molar-refractivity contribution in [3.8, 4) is 0 Å². The molecule has 0 aromatic rings. The minimum absolute atomic E-state index is 0.106. The van der Waals surface area contributed by atoms with E-state index in [0.717, 1.165) is 32.1 Å². The topological polar surface area (TPSA) is 49.3 Å². The number of rotatable bonds is 0. The van der Waals surface area contributed by atoms with Crippen molar-refractivity contribution < 1.29 is 9.90 Å². The number of carbonyl (C=O) groups is 1. The maximum absolute atomic E-state index is 11.9. The molecule has 1 aliphatic heterocycles. The Bertz CT molecular complexity index is 528. The van der Waals surface area contributed by atoms with Gasteiger partial charge >= 0.3 is 0 Å². The Balaban J connectivity index is 1.69. The van der Waals surface area contributed by atoms with E-state index < -0.39 is 0 Å². The number of fused-ring (bicyclic) bond motifs is 5. The molecule has 2 saturated carbocycles. The van der Waals surface area contributed by atoms with Gasteiger partial charge in [-0.1, -0.05) is 19.9 Å². The predicted molar refractivity (Wildman–Crippen MR) is 85.9 cm³/mol. The fraction of sp³-hybridized carbons (Fsp3) is 0.842. The maximum Gasteiger partial charge on any atom is 0.224 e. The maximum atomic E-state index is 11.9. The van der Waals surface area contributed by atoms with E-state index in [0.29, 0.717) is 24.2 Å². The van der Waals surface area contributed by atoms with Gasteiger partial charge < -0.3 is 10.4 Å². The highest BCUT2D eigenvalue weighted by Crippen LogP contribution is 2.63. The van der Waals surface area contributed by atoms with Gasteiger partial charge in [0.15, 0.2) is 0 Å². The molecule has 0 spiro atoms. The van der Waals surface area contributed by atoms with Crippen LogP contribution in [0.5, 0.6) is 0 Å². The van der Waals surface area contributed by atoms with E-state index in [1.807, 2.05) is 0 Å². The second-order valence-electron chi connectivity index (χ2n) is 8.69. The number of nitrogens with one attached hydrogen (secondary N) is 1. The summed E-state index contributed by atoms with van der Waals surface area (Å²) in [6.45, 7) is 4.71. The van der Waals surface area contributed by atoms with Gasteiger partial charge in [0.2, 0.25) is 5.91 Å². The fourth-order valence-electron chi connectivity index (χ4n) is 6.41. The average molecular weight is 303 g/mol. The van der Waals surface area contributed by atoms with Gasteiger partial charge in [-0.2, -0.15) is 0 Å². The molecule has 0 bridgehead atoms. The minimum Gasteiger partial charge on any atom is -0.393 e. The fourth-order valence-corrected chi connectivity index (χ4v) is 6.41. The molecule has 4 rings (SSSR count). The summed E-state index contributed by atoms with van der Waals surface area (Å²) >= 11 is 0. The first-order valence-electron chi connectivity index (χ1n) is 9.14. The van der Waals surface area contributed by atoms with Crippen LogP contribution < -0.4 is 5.32 Å². The summed E-state index contributed by atoms with van der Waals surface area (Å²) in [6.07, 6.45) is 10.6. The van der Waals surface area contributed by atoms with Crippen molar-refractivity contribution in [2.45, 2.75) is 71.3 Å². The van der Waals surface area contributed by atoms with Crippen LogP contribution in [0.1, 0.15) is 65.2 Å². The SMILES string of the molecule is C[C@]12CCCC(=O)NC1=CC[C@@H]1[C@@H]2CC[C@]2(C)C(O)CC[C@@H]12. The Kier molecular flexibility index (Phi) is 3.24. The molecule has 3 aliphatic carbocycles. The third-order valence-corrected chi connectivity index (χ3v) is 7.79. The molecular formula is C19H29NO2. The van der Waals surface area contributed by atoms with E-state index in [2.05, 4.69) is 25.2 Å². The number of hydrogen-bond acceptors (Lipinski definition) is 2. The normalized spacial score (nSPS) is 51.0. The molecule has 2 N–H and O–H groups in total. The number of carbonyl (C=O) groups excluding carboxylic acids is 1. The van der Waals surface area contributed by atoms with Gasteiger partial charge in [0.25, 0.3) is 0 Å². The molecule has 3 nitrogen and oxygen atoms in total. The number of aliphatic hydroxyl groups excluding tert-OH is 1. The van der Waals surface area contributed by atoms with Crippen LogP contribution in [-0.4, -0.2) is 17.1 Å². The highest BCUT2D eigenvalue weighted by Gasteiger charge is 2.58. The molecule has 4 aliphatic rings. The standard InChI is InChI=1S/C19H29NO2/c1-18-10-3-4-17(22)20-15(18)7-5-12-13-6-8-16(21)19(13,2)11-9-14(12)18/h7,12-14,16,21H,3-6,8-11H2,1-2H3,(H,20,22)/t12-,13-,14-,16?,18+,19-/m0/s1. The summed E-state index contributed by atoms with van der Waals surface area (Å²) < 4.78 is 0. The zero-order chi connectivity index (χ0) is 15.5. The molecule has 0 aromatic carbocycles. The number of amides is 1. The first-order chi connectivity index (χ1) is 10.4. The van der Waals surface area contributed by atoms with Crippen molar-refractivity contribution in [3.05, 3.63) is 11.8 Å². The smallest absolute Gasteiger partial charge is 0.224 e. The van der Waals surface area contributed by atoms with Gasteiger partial charge in [0.1, 0.15) is 0 Å². The highest BCUT2D eigenvalue weighted by molar-refractivity contribution is 5.78. The lowest BCUT2D eigenvalue weighted by molar-refractivity contribution is -0.120. The summed E-state index contributed by atoms with van der Waals surface area (Å²) in [5.74, 6) is 2.23. The Morgan fingerprint density at radius 3 is 2.82 bits per heavy atom. The lowest BCUT2D eigenvalue weighted by Gasteiger charge is -2.55. The van der Waals surface area contributed by atoms with Crippen LogP contribution >= 0.6 is 0 Å². The monoisotopic (exact) mass is 303 g/mol. The Hall–Kier alpha value is -0.830. The van der Waals surface area contributed by atoms with Crippen molar-refractivity contribution in [1.82, 2.24) is 5.32 Å². The van der Waals surface area contributed by atoms with Gasteiger partial charge in [-0.15, -0.1) is 0 Å². The van der Waals surface area contributed by atoms with Crippen molar-refractivity contribution in [3.63, 3.8) is 0 Å². The molecule has 1 saturated heterocycles. The predicted octanol–water partition coefficient (Wildman–Crippen LogP) is 3.38. The first-order valence-corrected chi connectivity index (χ1v) is 9.14. The van der Waals surface area contributed by atoms with Crippen LogP contribution in [0.25, 0.3) is 0 Å². The van der Waals surface area contributed by atoms with E-state index in [1.165, 1.54) is 18.5 Å². The lowest BCUT2D eigenvalue weighted by Crippen LogP contribution is -2.51. The molecule has 3 heteroatoms. The van der Waals surface area contributed by atoms with Crippen LogP contribution in [0.15, 0.2) is 11.8 Å². The third-order valence-electron chi connectivity index (χ3n) is 7.79. The Labute approximate surface area is 133 Å². The minimum atomic E-state index is -0.106. The zero-order valence-corrected chi connectivity index (χ0v) is 13.9. The molecule has 0 radical (unpaired) electrons. The van der Waals surface area contributed by atoms with Crippen LogP contribution in [0, 0.1) is 28.6 Å². The Morgan fingerprint density at radius 2 is 2.00 bits per heavy atom. The van der Waals surface area contributed by atoms with E-state index in [-0.39, 0.29) is 22.8 Å². The Morgan fingerprint density at radius 1 is 1.18 bits per heavy atom. The summed E-state index contributed by atoms with van der Waals surface area (Å²) in [5.41, 5.74) is 1.49. The van der Waals surface area contributed by atoms with Crippen molar-refractivity contribution in [1.29, 1.82) is 0 Å². The third kappa shape index (κ3) is 1.87. The quantitative estimate of drug-likeness (QED) is 0.720. The summed E-state index contributed by atoms with van der Waals surface area (Å²) in [6, 6.07) is 0. The average Bonchev–Trinajstić information content (AvgIpc) is 2.68. The van der Waals surface area contributed by atoms with Crippen molar-refractivity contribution >= 4 is 5.91 Å². The van der Waals surface area contributed by atoms with Crippen LogP contribution in [0.3, 0.4) is 0 Å². The van der Waals surface area contributed by atoms with E-state index in [9.17, 15) is 9.90 Å². The van der Waals surface area contributed by atoms with Gasteiger partial charge in [-0.25, -0.2) is 0 Å². The molecule has 1 heterocycles.